The number of hydrogen-bond acceptors (Lipinski definition) is 8. The van der Waals surface area contributed by atoms with Crippen LogP contribution in [0, 0.1) is 6.92 Å². The number of anilines is 1. The summed E-state index contributed by atoms with van der Waals surface area (Å²) in [6.45, 7) is 3.53. The Morgan fingerprint density at radius 3 is 2.41 bits per heavy atom. The summed E-state index contributed by atoms with van der Waals surface area (Å²) in [7, 11) is 1.52. The molecule has 2 aromatic carbocycles. The van der Waals surface area contributed by atoms with Crippen LogP contribution in [0.4, 0.5) is 5.13 Å². The molecule has 1 N–H and O–H groups in total. The summed E-state index contributed by atoms with van der Waals surface area (Å²) >= 11 is 0.970. The third kappa shape index (κ3) is 4.06. The molecule has 0 spiro atoms. The van der Waals surface area contributed by atoms with Gasteiger partial charge in [0.1, 0.15) is 16.4 Å². The number of thiazole rings is 1. The van der Waals surface area contributed by atoms with E-state index in [9.17, 15) is 19.5 Å². The molecule has 9 heteroatoms. The fraction of sp³-hybridized carbons (Fsp3) is 0.200. The summed E-state index contributed by atoms with van der Waals surface area (Å²) in [5.41, 5.74) is 1.30. The number of benzene rings is 2. The minimum Gasteiger partial charge on any atom is -0.507 e. The number of carbonyl (C=O) groups is 3. The molecule has 1 unspecified atom stereocenters. The highest BCUT2D eigenvalue weighted by Gasteiger charge is 2.48. The van der Waals surface area contributed by atoms with E-state index in [1.165, 1.54) is 12.0 Å². The number of carbonyl (C=O) groups excluding carboxylic acids is 3. The molecule has 1 saturated heterocycles. The zero-order chi connectivity index (χ0) is 24.4. The Labute approximate surface area is 200 Å². The van der Waals surface area contributed by atoms with Gasteiger partial charge in [-0.05, 0) is 43.7 Å². The number of aryl methyl sites for hydroxylation is 1. The second-order valence-corrected chi connectivity index (χ2v) is 8.42. The largest absolute Gasteiger partial charge is 0.507 e. The lowest BCUT2D eigenvalue weighted by atomic mass is 9.95. The van der Waals surface area contributed by atoms with Crippen molar-refractivity contribution in [1.29, 1.82) is 0 Å². The van der Waals surface area contributed by atoms with Gasteiger partial charge in [0.05, 0.1) is 31.0 Å². The first-order valence-corrected chi connectivity index (χ1v) is 11.3. The van der Waals surface area contributed by atoms with E-state index in [2.05, 4.69) is 4.98 Å². The van der Waals surface area contributed by atoms with Crippen LogP contribution in [0.25, 0.3) is 5.76 Å². The molecule has 0 radical (unpaired) electrons. The number of Topliss-reactive ketones (excluding diaryl/α,β-unsaturated/α-hetero) is 1. The van der Waals surface area contributed by atoms with Gasteiger partial charge in [0.15, 0.2) is 5.13 Å². The SMILES string of the molecule is CCOC(=O)c1sc(N2C(=O)C(=O)/C(=C(\O)c3ccc(OC)cc3)C2c2ccccc2)nc1C. The molecule has 4 rings (SSSR count). The first kappa shape index (κ1) is 23.2. The topological polar surface area (TPSA) is 106 Å². The van der Waals surface area contributed by atoms with Crippen LogP contribution >= 0.6 is 11.3 Å². The fourth-order valence-corrected chi connectivity index (χ4v) is 4.74. The Kier molecular flexibility index (Phi) is 6.47. The second-order valence-electron chi connectivity index (χ2n) is 7.44. The van der Waals surface area contributed by atoms with Crippen molar-refractivity contribution in [1.82, 2.24) is 4.98 Å². The lowest BCUT2D eigenvalue weighted by Crippen LogP contribution is -2.29. The standard InChI is InChI=1S/C25H22N2O6S/c1-4-33-24(31)22-14(2)26-25(34-22)27-19(15-8-6-5-7-9-15)18(21(29)23(27)30)20(28)16-10-12-17(32-3)13-11-16/h5-13,19,28H,4H2,1-3H3/b20-18-. The van der Waals surface area contributed by atoms with Crippen molar-refractivity contribution in [3.63, 3.8) is 0 Å². The number of aliphatic hydroxyl groups excluding tert-OH is 1. The van der Waals surface area contributed by atoms with E-state index in [-0.39, 0.29) is 27.9 Å². The molecule has 1 aliphatic heterocycles. The molecule has 1 amide bonds. The minimum absolute atomic E-state index is 0.0631. The number of esters is 1. The Bertz CT molecular complexity index is 1280. The molecule has 8 nitrogen and oxygen atoms in total. The Morgan fingerprint density at radius 2 is 1.79 bits per heavy atom. The van der Waals surface area contributed by atoms with E-state index in [1.54, 1.807) is 62.4 Å². The van der Waals surface area contributed by atoms with E-state index < -0.39 is 23.7 Å². The predicted molar refractivity (Wildman–Crippen MR) is 127 cm³/mol. The predicted octanol–water partition coefficient (Wildman–Crippen LogP) is 4.26. The van der Waals surface area contributed by atoms with Crippen LogP contribution in [0.2, 0.25) is 0 Å². The average Bonchev–Trinajstić information content (AvgIpc) is 3.36. The van der Waals surface area contributed by atoms with Crippen molar-refractivity contribution in [2.75, 3.05) is 18.6 Å². The third-order valence-electron chi connectivity index (χ3n) is 5.38. The smallest absolute Gasteiger partial charge is 0.350 e. The van der Waals surface area contributed by atoms with Crippen molar-refractivity contribution in [3.05, 3.63) is 81.9 Å². The minimum atomic E-state index is -0.927. The van der Waals surface area contributed by atoms with Crippen LogP contribution in [0.15, 0.2) is 60.2 Å². The Morgan fingerprint density at radius 1 is 1.12 bits per heavy atom. The van der Waals surface area contributed by atoms with Gasteiger partial charge in [0, 0.05) is 5.56 Å². The molecule has 0 saturated carbocycles. The maximum absolute atomic E-state index is 13.2. The zero-order valence-electron chi connectivity index (χ0n) is 18.8. The van der Waals surface area contributed by atoms with Crippen molar-refractivity contribution in [2.24, 2.45) is 0 Å². The van der Waals surface area contributed by atoms with E-state index in [1.807, 2.05) is 6.07 Å². The van der Waals surface area contributed by atoms with Crippen molar-refractivity contribution in [2.45, 2.75) is 19.9 Å². The van der Waals surface area contributed by atoms with Gasteiger partial charge in [0.25, 0.3) is 5.78 Å². The van der Waals surface area contributed by atoms with E-state index >= 15 is 0 Å². The lowest BCUT2D eigenvalue weighted by molar-refractivity contribution is -0.132. The molecular formula is C25H22N2O6S. The monoisotopic (exact) mass is 478 g/mol. The molecule has 174 valence electrons. The van der Waals surface area contributed by atoms with Gasteiger partial charge in [-0.25, -0.2) is 9.78 Å². The number of rotatable bonds is 6. The number of ketones is 1. The van der Waals surface area contributed by atoms with Crippen LogP contribution < -0.4 is 9.64 Å². The van der Waals surface area contributed by atoms with Crippen molar-refractivity contribution >= 4 is 39.9 Å². The summed E-state index contributed by atoms with van der Waals surface area (Å²) in [4.78, 5) is 44.6. The van der Waals surface area contributed by atoms with Crippen LogP contribution in [0.3, 0.4) is 0 Å². The number of hydrogen-bond donors (Lipinski definition) is 1. The summed E-state index contributed by atoms with van der Waals surface area (Å²) in [6, 6.07) is 14.5. The number of nitrogens with zero attached hydrogens (tertiary/aromatic N) is 2. The Hall–Kier alpha value is -3.98. The highest BCUT2D eigenvalue weighted by molar-refractivity contribution is 7.17. The molecule has 1 aliphatic rings. The van der Waals surface area contributed by atoms with Gasteiger partial charge in [-0.15, -0.1) is 0 Å². The maximum Gasteiger partial charge on any atom is 0.350 e. The molecule has 34 heavy (non-hydrogen) atoms. The number of ether oxygens (including phenoxy) is 2. The fourth-order valence-electron chi connectivity index (χ4n) is 3.76. The number of aromatic nitrogens is 1. The molecular weight excluding hydrogens is 456 g/mol. The number of methoxy groups -OCH3 is 1. The summed E-state index contributed by atoms with van der Waals surface area (Å²) in [5, 5.41) is 11.3. The molecule has 2 heterocycles. The van der Waals surface area contributed by atoms with Crippen molar-refractivity contribution in [3.8, 4) is 5.75 Å². The van der Waals surface area contributed by atoms with Crippen LogP contribution in [-0.4, -0.2) is 41.5 Å². The second kappa shape index (κ2) is 9.48. The Balaban J connectivity index is 1.88. The number of aliphatic hydroxyl groups is 1. The van der Waals surface area contributed by atoms with E-state index in [0.717, 1.165) is 11.3 Å². The normalized spacial score (nSPS) is 17.1. The van der Waals surface area contributed by atoms with Crippen LogP contribution in [0.5, 0.6) is 5.75 Å². The summed E-state index contributed by atoms with van der Waals surface area (Å²) in [6.07, 6.45) is 0. The van der Waals surface area contributed by atoms with Gasteiger partial charge < -0.3 is 14.6 Å². The molecule has 0 bridgehead atoms. The number of amides is 1. The molecule has 1 atom stereocenters. The third-order valence-corrected chi connectivity index (χ3v) is 6.51. The molecule has 1 aromatic heterocycles. The quantitative estimate of drug-likeness (QED) is 0.244. The van der Waals surface area contributed by atoms with E-state index in [4.69, 9.17) is 9.47 Å². The highest BCUT2D eigenvalue weighted by Crippen LogP contribution is 2.43. The van der Waals surface area contributed by atoms with E-state index in [0.29, 0.717) is 22.6 Å². The lowest BCUT2D eigenvalue weighted by Gasteiger charge is -2.23. The van der Waals surface area contributed by atoms with Gasteiger partial charge >= 0.3 is 11.9 Å². The van der Waals surface area contributed by atoms with Crippen LogP contribution in [0.1, 0.15) is 39.5 Å². The van der Waals surface area contributed by atoms with Gasteiger partial charge in [-0.3, -0.25) is 14.5 Å². The maximum atomic E-state index is 13.2. The highest BCUT2D eigenvalue weighted by atomic mass is 32.1. The molecule has 1 fully saturated rings. The first-order valence-electron chi connectivity index (χ1n) is 10.5. The zero-order valence-corrected chi connectivity index (χ0v) is 19.6. The summed E-state index contributed by atoms with van der Waals surface area (Å²) < 4.78 is 10.2. The van der Waals surface area contributed by atoms with Gasteiger partial charge in [-0.2, -0.15) is 0 Å². The first-order chi connectivity index (χ1) is 16.4. The van der Waals surface area contributed by atoms with Gasteiger partial charge in [-0.1, -0.05) is 41.7 Å². The van der Waals surface area contributed by atoms with Gasteiger partial charge in [0.2, 0.25) is 0 Å². The van der Waals surface area contributed by atoms with Crippen molar-refractivity contribution < 1.29 is 29.0 Å². The molecule has 0 aliphatic carbocycles. The molecule has 3 aromatic rings. The summed E-state index contributed by atoms with van der Waals surface area (Å²) in [5.74, 6) is -1.95. The average molecular weight is 479 g/mol. The van der Waals surface area contributed by atoms with Crippen LogP contribution in [-0.2, 0) is 14.3 Å².